The Hall–Kier alpha value is -1.13. The quantitative estimate of drug-likeness (QED) is 0.891. The van der Waals surface area contributed by atoms with E-state index in [1.54, 1.807) is 6.07 Å². The number of likely N-dealkylation sites (N-methyl/N-ethyl adjacent to an activating group) is 1. The van der Waals surface area contributed by atoms with Crippen LogP contribution in [0.25, 0.3) is 0 Å². The predicted octanol–water partition coefficient (Wildman–Crippen LogP) is 2.38. The Morgan fingerprint density at radius 3 is 2.74 bits per heavy atom. The average molecular weight is 265 g/mol. The number of anilines is 1. The summed E-state index contributed by atoms with van der Waals surface area (Å²) in [5, 5.41) is 0. The number of benzene rings is 1. The lowest BCUT2D eigenvalue weighted by molar-refractivity contribution is 0.337. The molecular formula is C15H24FN3. The number of nitrogens with zero attached hydrogens (tertiary/aromatic N) is 2. The summed E-state index contributed by atoms with van der Waals surface area (Å²) in [6.45, 7) is 6.97. The number of hydrogen-bond donors (Lipinski definition) is 1. The normalized spacial score (nSPS) is 23.2. The van der Waals surface area contributed by atoms with E-state index < -0.39 is 0 Å². The van der Waals surface area contributed by atoms with Gasteiger partial charge >= 0.3 is 0 Å². The van der Waals surface area contributed by atoms with Gasteiger partial charge in [0.25, 0.3) is 0 Å². The molecule has 0 radical (unpaired) electrons. The topological polar surface area (TPSA) is 32.5 Å². The highest BCUT2D eigenvalue weighted by Gasteiger charge is 2.22. The predicted molar refractivity (Wildman–Crippen MR) is 77.9 cm³/mol. The van der Waals surface area contributed by atoms with Gasteiger partial charge in [0, 0.05) is 25.2 Å². The third-order valence-corrected chi connectivity index (χ3v) is 3.85. The van der Waals surface area contributed by atoms with E-state index in [1.165, 1.54) is 0 Å². The number of halogens is 1. The standard InChI is InChI=1S/C15H24FN3/c1-11-10-18(3)7-4-8-19(11)15-6-5-13(12(2)17)9-14(15)16/h5-6,9,11-12H,4,7-8,10,17H2,1-3H3/t11?,12-/m0/s1. The fourth-order valence-electron chi connectivity index (χ4n) is 2.77. The van der Waals surface area contributed by atoms with Gasteiger partial charge in [0.05, 0.1) is 5.69 Å². The van der Waals surface area contributed by atoms with Crippen molar-refractivity contribution in [2.75, 3.05) is 31.6 Å². The van der Waals surface area contributed by atoms with Gasteiger partial charge in [-0.1, -0.05) is 6.07 Å². The molecule has 2 atom stereocenters. The van der Waals surface area contributed by atoms with Crippen LogP contribution in [-0.2, 0) is 0 Å². The molecule has 0 bridgehead atoms. The highest BCUT2D eigenvalue weighted by Crippen LogP contribution is 2.26. The molecule has 1 aromatic carbocycles. The maximum Gasteiger partial charge on any atom is 0.146 e. The van der Waals surface area contributed by atoms with Crippen molar-refractivity contribution in [1.82, 2.24) is 4.90 Å². The molecule has 0 spiro atoms. The van der Waals surface area contributed by atoms with E-state index in [9.17, 15) is 4.39 Å². The molecule has 1 fully saturated rings. The summed E-state index contributed by atoms with van der Waals surface area (Å²) in [5.74, 6) is -0.161. The molecule has 0 amide bonds. The van der Waals surface area contributed by atoms with Crippen LogP contribution in [0.15, 0.2) is 18.2 Å². The molecule has 1 unspecified atom stereocenters. The van der Waals surface area contributed by atoms with Gasteiger partial charge in [0.15, 0.2) is 0 Å². The Kier molecular flexibility index (Phi) is 4.42. The minimum Gasteiger partial charge on any atom is -0.365 e. The van der Waals surface area contributed by atoms with Crippen molar-refractivity contribution < 1.29 is 4.39 Å². The Morgan fingerprint density at radius 2 is 2.11 bits per heavy atom. The average Bonchev–Trinajstić information content (AvgIpc) is 2.50. The summed E-state index contributed by atoms with van der Waals surface area (Å²) < 4.78 is 14.3. The fourth-order valence-corrected chi connectivity index (χ4v) is 2.77. The zero-order chi connectivity index (χ0) is 14.0. The molecule has 3 nitrogen and oxygen atoms in total. The van der Waals surface area contributed by atoms with E-state index in [0.29, 0.717) is 11.7 Å². The second-order valence-corrected chi connectivity index (χ2v) is 5.66. The van der Waals surface area contributed by atoms with Crippen molar-refractivity contribution in [3.05, 3.63) is 29.6 Å². The monoisotopic (exact) mass is 265 g/mol. The van der Waals surface area contributed by atoms with Gasteiger partial charge in [-0.15, -0.1) is 0 Å². The first-order chi connectivity index (χ1) is 8.99. The maximum atomic E-state index is 14.3. The lowest BCUT2D eigenvalue weighted by atomic mass is 10.1. The van der Waals surface area contributed by atoms with Crippen LogP contribution >= 0.6 is 0 Å². The van der Waals surface area contributed by atoms with Crippen LogP contribution in [0.2, 0.25) is 0 Å². The van der Waals surface area contributed by atoms with Crippen molar-refractivity contribution in [1.29, 1.82) is 0 Å². The SMILES string of the molecule is CC1CN(C)CCCN1c1ccc([C@H](C)N)cc1F. The van der Waals surface area contributed by atoms with Crippen molar-refractivity contribution in [2.24, 2.45) is 5.73 Å². The summed E-state index contributed by atoms with van der Waals surface area (Å²) in [6.07, 6.45) is 1.06. The molecule has 106 valence electrons. The number of rotatable bonds is 2. The zero-order valence-electron chi connectivity index (χ0n) is 12.1. The van der Waals surface area contributed by atoms with Gasteiger partial charge in [-0.3, -0.25) is 0 Å². The van der Waals surface area contributed by atoms with Crippen LogP contribution < -0.4 is 10.6 Å². The van der Waals surface area contributed by atoms with Crippen LogP contribution in [0.5, 0.6) is 0 Å². The van der Waals surface area contributed by atoms with E-state index in [-0.39, 0.29) is 11.9 Å². The second kappa shape index (κ2) is 5.88. The molecule has 1 aliphatic heterocycles. The first kappa shape index (κ1) is 14.3. The third kappa shape index (κ3) is 3.25. The van der Waals surface area contributed by atoms with E-state index in [1.807, 2.05) is 19.1 Å². The van der Waals surface area contributed by atoms with E-state index in [2.05, 4.69) is 23.8 Å². The van der Waals surface area contributed by atoms with Gasteiger partial charge in [0.1, 0.15) is 5.82 Å². The summed E-state index contributed by atoms with van der Waals surface area (Å²) in [6, 6.07) is 5.57. The van der Waals surface area contributed by atoms with Gasteiger partial charge in [-0.2, -0.15) is 0 Å². The minimum absolute atomic E-state index is 0.128. The fraction of sp³-hybridized carbons (Fsp3) is 0.600. The first-order valence-electron chi connectivity index (χ1n) is 6.99. The molecule has 1 aromatic rings. The number of nitrogens with two attached hydrogens (primary N) is 1. The van der Waals surface area contributed by atoms with Crippen molar-refractivity contribution >= 4 is 5.69 Å². The Labute approximate surface area is 115 Å². The number of hydrogen-bond acceptors (Lipinski definition) is 3. The van der Waals surface area contributed by atoms with Crippen molar-refractivity contribution in [3.63, 3.8) is 0 Å². The Bertz CT molecular complexity index is 433. The first-order valence-corrected chi connectivity index (χ1v) is 6.99. The molecule has 0 aromatic heterocycles. The molecule has 1 heterocycles. The van der Waals surface area contributed by atoms with E-state index in [4.69, 9.17) is 5.73 Å². The Balaban J connectivity index is 2.25. The van der Waals surface area contributed by atoms with Crippen LogP contribution in [0, 0.1) is 5.82 Å². The molecule has 0 saturated carbocycles. The van der Waals surface area contributed by atoms with Gasteiger partial charge < -0.3 is 15.5 Å². The highest BCUT2D eigenvalue weighted by molar-refractivity contribution is 5.50. The Morgan fingerprint density at radius 1 is 1.37 bits per heavy atom. The molecule has 2 rings (SSSR count). The zero-order valence-corrected chi connectivity index (χ0v) is 12.1. The molecule has 1 saturated heterocycles. The molecule has 2 N–H and O–H groups in total. The van der Waals surface area contributed by atoms with Gasteiger partial charge in [0.2, 0.25) is 0 Å². The lowest BCUT2D eigenvalue weighted by Gasteiger charge is -2.30. The molecular weight excluding hydrogens is 241 g/mol. The summed E-state index contributed by atoms with van der Waals surface area (Å²) in [4.78, 5) is 4.47. The minimum atomic E-state index is -0.161. The van der Waals surface area contributed by atoms with Crippen LogP contribution in [-0.4, -0.2) is 37.6 Å². The molecule has 1 aliphatic rings. The van der Waals surface area contributed by atoms with Gasteiger partial charge in [-0.25, -0.2) is 4.39 Å². The van der Waals surface area contributed by atoms with Crippen LogP contribution in [0.3, 0.4) is 0 Å². The highest BCUT2D eigenvalue weighted by atomic mass is 19.1. The second-order valence-electron chi connectivity index (χ2n) is 5.66. The maximum absolute atomic E-state index is 14.3. The van der Waals surface area contributed by atoms with E-state index >= 15 is 0 Å². The van der Waals surface area contributed by atoms with Crippen molar-refractivity contribution in [2.45, 2.75) is 32.4 Å². The summed E-state index contributed by atoms with van der Waals surface area (Å²) in [5.41, 5.74) is 7.34. The summed E-state index contributed by atoms with van der Waals surface area (Å²) in [7, 11) is 2.12. The van der Waals surface area contributed by atoms with E-state index in [0.717, 1.165) is 31.6 Å². The molecule has 0 aliphatic carbocycles. The molecule has 4 heteroatoms. The largest absolute Gasteiger partial charge is 0.365 e. The summed E-state index contributed by atoms with van der Waals surface area (Å²) >= 11 is 0. The van der Waals surface area contributed by atoms with Gasteiger partial charge in [-0.05, 0) is 51.6 Å². The van der Waals surface area contributed by atoms with Crippen LogP contribution in [0.4, 0.5) is 10.1 Å². The third-order valence-electron chi connectivity index (χ3n) is 3.85. The molecule has 19 heavy (non-hydrogen) atoms. The van der Waals surface area contributed by atoms with Crippen molar-refractivity contribution in [3.8, 4) is 0 Å². The smallest absolute Gasteiger partial charge is 0.146 e. The van der Waals surface area contributed by atoms with Crippen LogP contribution in [0.1, 0.15) is 31.9 Å². The lowest BCUT2D eigenvalue weighted by Crippen LogP contribution is -2.38.